The standard InChI is InChI=1S/C12H16FN3O4/c1-19-12-5-10(9(13)4-11(12)16(17)18)15-7-8-6-14-2-3-20-8/h4-5,8,14-15H,2-3,6-7H2,1H3. The molecule has 1 aromatic rings. The number of nitro groups is 1. The van der Waals surface area contributed by atoms with Crippen LogP contribution in [-0.2, 0) is 4.74 Å². The molecule has 7 nitrogen and oxygen atoms in total. The highest BCUT2D eigenvalue weighted by atomic mass is 19.1. The van der Waals surface area contributed by atoms with Gasteiger partial charge in [-0.15, -0.1) is 0 Å². The second kappa shape index (κ2) is 6.49. The zero-order valence-electron chi connectivity index (χ0n) is 11.0. The molecule has 2 rings (SSSR count). The predicted octanol–water partition coefficient (Wildman–Crippen LogP) is 1.14. The fourth-order valence-electron chi connectivity index (χ4n) is 1.96. The Kier molecular flexibility index (Phi) is 4.70. The zero-order chi connectivity index (χ0) is 14.5. The number of nitrogens with one attached hydrogen (secondary N) is 2. The van der Waals surface area contributed by atoms with Gasteiger partial charge in [-0.05, 0) is 0 Å². The molecular formula is C12H16FN3O4. The van der Waals surface area contributed by atoms with Gasteiger partial charge in [0.2, 0.25) is 0 Å². The van der Waals surface area contributed by atoms with Gasteiger partial charge in [0.05, 0.1) is 36.5 Å². The Morgan fingerprint density at radius 2 is 2.45 bits per heavy atom. The summed E-state index contributed by atoms with van der Waals surface area (Å²) in [6, 6.07) is 2.13. The minimum Gasteiger partial charge on any atom is -0.490 e. The Hall–Kier alpha value is -1.93. The number of morpholine rings is 1. The van der Waals surface area contributed by atoms with E-state index >= 15 is 0 Å². The highest BCUT2D eigenvalue weighted by molar-refractivity contribution is 5.59. The van der Waals surface area contributed by atoms with Crippen molar-refractivity contribution in [3.05, 3.63) is 28.1 Å². The van der Waals surface area contributed by atoms with Crippen LogP contribution in [0.5, 0.6) is 5.75 Å². The summed E-state index contributed by atoms with van der Waals surface area (Å²) in [7, 11) is 1.30. The maximum atomic E-state index is 13.8. The van der Waals surface area contributed by atoms with E-state index < -0.39 is 16.4 Å². The van der Waals surface area contributed by atoms with Gasteiger partial charge >= 0.3 is 5.69 Å². The Balaban J connectivity index is 2.09. The third-order valence-corrected chi connectivity index (χ3v) is 2.99. The van der Waals surface area contributed by atoms with Crippen molar-refractivity contribution in [3.63, 3.8) is 0 Å². The molecule has 1 aromatic carbocycles. The molecule has 0 amide bonds. The van der Waals surface area contributed by atoms with Crippen LogP contribution in [0.4, 0.5) is 15.8 Å². The first-order valence-electron chi connectivity index (χ1n) is 6.20. The summed E-state index contributed by atoms with van der Waals surface area (Å²) in [5.74, 6) is -0.678. The van der Waals surface area contributed by atoms with Gasteiger partial charge in [-0.3, -0.25) is 10.1 Å². The molecule has 1 aliphatic heterocycles. The largest absolute Gasteiger partial charge is 0.490 e. The second-order valence-electron chi connectivity index (χ2n) is 4.34. The van der Waals surface area contributed by atoms with Crippen LogP contribution in [0.15, 0.2) is 12.1 Å². The molecular weight excluding hydrogens is 269 g/mol. The third kappa shape index (κ3) is 3.34. The topological polar surface area (TPSA) is 85.7 Å². The highest BCUT2D eigenvalue weighted by Crippen LogP contribution is 2.32. The Morgan fingerprint density at radius 3 is 3.05 bits per heavy atom. The van der Waals surface area contributed by atoms with E-state index in [0.29, 0.717) is 19.7 Å². The lowest BCUT2D eigenvalue weighted by Gasteiger charge is -2.24. The molecule has 8 heteroatoms. The molecule has 0 radical (unpaired) electrons. The normalized spacial score (nSPS) is 18.6. The number of ether oxygens (including phenoxy) is 2. The number of methoxy groups -OCH3 is 1. The molecule has 1 heterocycles. The molecule has 0 saturated carbocycles. The van der Waals surface area contributed by atoms with Gasteiger partial charge < -0.3 is 20.1 Å². The Morgan fingerprint density at radius 1 is 1.65 bits per heavy atom. The average molecular weight is 285 g/mol. The van der Waals surface area contributed by atoms with Crippen molar-refractivity contribution in [2.75, 3.05) is 38.7 Å². The lowest BCUT2D eigenvalue weighted by atomic mass is 10.2. The summed E-state index contributed by atoms with van der Waals surface area (Å²) in [6.45, 7) is 2.50. The summed E-state index contributed by atoms with van der Waals surface area (Å²) in [5, 5.41) is 16.8. The molecule has 1 unspecified atom stereocenters. The first-order valence-corrected chi connectivity index (χ1v) is 6.20. The molecule has 0 bridgehead atoms. The van der Waals surface area contributed by atoms with E-state index in [4.69, 9.17) is 9.47 Å². The van der Waals surface area contributed by atoms with E-state index in [1.165, 1.54) is 13.2 Å². The minimum absolute atomic E-state index is 0.0154. The average Bonchev–Trinajstić information content (AvgIpc) is 2.46. The Bertz CT molecular complexity index is 492. The third-order valence-electron chi connectivity index (χ3n) is 2.99. The van der Waals surface area contributed by atoms with Crippen molar-refractivity contribution in [2.45, 2.75) is 6.10 Å². The maximum Gasteiger partial charge on any atom is 0.313 e. The molecule has 0 spiro atoms. The Labute approximate surface area is 115 Å². The van der Waals surface area contributed by atoms with Gasteiger partial charge in [0.1, 0.15) is 0 Å². The monoisotopic (exact) mass is 285 g/mol. The number of nitrogens with zero attached hydrogens (tertiary/aromatic N) is 1. The van der Waals surface area contributed by atoms with E-state index in [2.05, 4.69) is 10.6 Å². The van der Waals surface area contributed by atoms with E-state index in [-0.39, 0.29) is 17.5 Å². The van der Waals surface area contributed by atoms with E-state index in [1.54, 1.807) is 0 Å². The molecule has 110 valence electrons. The molecule has 1 atom stereocenters. The van der Waals surface area contributed by atoms with Crippen LogP contribution in [0.2, 0.25) is 0 Å². The van der Waals surface area contributed by atoms with E-state index in [9.17, 15) is 14.5 Å². The van der Waals surface area contributed by atoms with Gasteiger partial charge in [-0.25, -0.2) is 4.39 Å². The molecule has 20 heavy (non-hydrogen) atoms. The van der Waals surface area contributed by atoms with Gasteiger partial charge in [0.25, 0.3) is 0 Å². The second-order valence-corrected chi connectivity index (χ2v) is 4.34. The van der Waals surface area contributed by atoms with Crippen molar-refractivity contribution in [3.8, 4) is 5.75 Å². The fourth-order valence-corrected chi connectivity index (χ4v) is 1.96. The predicted molar refractivity (Wildman–Crippen MR) is 70.7 cm³/mol. The molecule has 1 saturated heterocycles. The summed E-state index contributed by atoms with van der Waals surface area (Å²) in [6.07, 6.45) is -0.0654. The van der Waals surface area contributed by atoms with Crippen LogP contribution in [0, 0.1) is 15.9 Å². The first-order chi connectivity index (χ1) is 9.61. The van der Waals surface area contributed by atoms with Crippen LogP contribution in [0.3, 0.4) is 0 Å². The molecule has 0 aromatic heterocycles. The highest BCUT2D eigenvalue weighted by Gasteiger charge is 2.20. The van der Waals surface area contributed by atoms with Crippen molar-refractivity contribution >= 4 is 11.4 Å². The number of anilines is 1. The van der Waals surface area contributed by atoms with Crippen molar-refractivity contribution in [1.82, 2.24) is 5.32 Å². The van der Waals surface area contributed by atoms with E-state index in [0.717, 1.165) is 12.6 Å². The smallest absolute Gasteiger partial charge is 0.313 e. The summed E-state index contributed by atoms with van der Waals surface area (Å²) < 4.78 is 24.2. The van der Waals surface area contributed by atoms with Gasteiger partial charge in [-0.1, -0.05) is 0 Å². The van der Waals surface area contributed by atoms with Crippen LogP contribution >= 0.6 is 0 Å². The minimum atomic E-state index is -0.693. The lowest BCUT2D eigenvalue weighted by molar-refractivity contribution is -0.385. The van der Waals surface area contributed by atoms with Gasteiger partial charge in [0, 0.05) is 25.7 Å². The summed E-state index contributed by atoms with van der Waals surface area (Å²) in [5.41, 5.74) is -0.243. The first kappa shape index (κ1) is 14.5. The SMILES string of the molecule is COc1cc(NCC2CNCCO2)c(F)cc1[N+](=O)[O-]. The molecule has 1 aliphatic rings. The van der Waals surface area contributed by atoms with Crippen molar-refractivity contribution in [2.24, 2.45) is 0 Å². The van der Waals surface area contributed by atoms with Crippen LogP contribution in [0.25, 0.3) is 0 Å². The van der Waals surface area contributed by atoms with Crippen molar-refractivity contribution in [1.29, 1.82) is 0 Å². The maximum absolute atomic E-state index is 13.8. The number of rotatable bonds is 5. The van der Waals surface area contributed by atoms with Crippen molar-refractivity contribution < 1.29 is 18.8 Å². The quantitative estimate of drug-likeness (QED) is 0.623. The number of halogens is 1. The number of hydrogen-bond acceptors (Lipinski definition) is 6. The summed E-state index contributed by atoms with van der Waals surface area (Å²) >= 11 is 0. The van der Waals surface area contributed by atoms with Gasteiger partial charge in [0.15, 0.2) is 11.6 Å². The fraction of sp³-hybridized carbons (Fsp3) is 0.500. The zero-order valence-corrected chi connectivity index (χ0v) is 11.0. The number of benzene rings is 1. The number of hydrogen-bond donors (Lipinski definition) is 2. The van der Waals surface area contributed by atoms with Crippen LogP contribution < -0.4 is 15.4 Å². The van der Waals surface area contributed by atoms with Crippen LogP contribution in [0.1, 0.15) is 0 Å². The summed E-state index contributed by atoms with van der Waals surface area (Å²) in [4.78, 5) is 10.1. The van der Waals surface area contributed by atoms with Gasteiger partial charge in [-0.2, -0.15) is 0 Å². The molecule has 1 fully saturated rings. The molecule has 2 N–H and O–H groups in total. The molecule has 0 aliphatic carbocycles. The van der Waals surface area contributed by atoms with E-state index in [1.807, 2.05) is 0 Å². The van der Waals surface area contributed by atoms with Crippen LogP contribution in [-0.4, -0.2) is 44.4 Å². The lowest BCUT2D eigenvalue weighted by Crippen LogP contribution is -2.42. The number of nitro benzene ring substituents is 1.